The third-order valence-electron chi connectivity index (χ3n) is 6.72. The van der Waals surface area contributed by atoms with E-state index < -0.39 is 77.2 Å². The minimum Gasteiger partial charge on any atom is -0.489 e. The molecule has 2 aromatic rings. The van der Waals surface area contributed by atoms with Crippen molar-refractivity contribution in [2.75, 3.05) is 24.9 Å². The highest BCUT2D eigenvalue weighted by Crippen LogP contribution is 2.41. The van der Waals surface area contributed by atoms with Gasteiger partial charge in [-0.3, -0.25) is 19.3 Å². The molecule has 1 aromatic heterocycles. The van der Waals surface area contributed by atoms with Gasteiger partial charge in [-0.1, -0.05) is 11.2 Å². The molecular weight excluding hydrogens is 768 g/mol. The van der Waals surface area contributed by atoms with Crippen LogP contribution in [0.2, 0.25) is 0 Å². The van der Waals surface area contributed by atoms with E-state index in [1.165, 1.54) is 30.1 Å². The van der Waals surface area contributed by atoms with Crippen molar-refractivity contribution in [3.63, 3.8) is 0 Å². The highest BCUT2D eigenvalue weighted by molar-refractivity contribution is 8.00. The molecule has 0 spiro atoms. The number of nitriles is 1. The lowest BCUT2D eigenvalue weighted by Crippen LogP contribution is -2.71. The summed E-state index contributed by atoms with van der Waals surface area (Å²) in [5.41, 5.74) is 10.5. The van der Waals surface area contributed by atoms with Crippen LogP contribution in [0.4, 0.5) is 18.3 Å². The van der Waals surface area contributed by atoms with Crippen molar-refractivity contribution in [1.82, 2.24) is 15.2 Å². The van der Waals surface area contributed by atoms with Crippen LogP contribution in [0.1, 0.15) is 39.0 Å². The fourth-order valence-electron chi connectivity index (χ4n) is 4.01. The monoisotopic (exact) mass is 799 g/mol. The van der Waals surface area contributed by atoms with Crippen molar-refractivity contribution in [2.45, 2.75) is 51.3 Å². The van der Waals surface area contributed by atoms with E-state index in [4.69, 9.17) is 40.4 Å². The highest BCUT2D eigenvalue weighted by Gasteiger charge is 2.55. The number of benzene rings is 1. The Hall–Kier alpha value is -5.73. The Balaban J connectivity index is 0.00000102. The SMILES string of the molecule is CC(N)C(=O)ON=C(C(=O)NC1C(=O)N2C(C(=O)OCOC(=O)C(C)(C)C)=C(COc3cccc(C#N)c3)CS[C@@H]12)c1csc(N)n1.O=C(O)C(F)(F)F. The van der Waals surface area contributed by atoms with Crippen LogP contribution in [0.5, 0.6) is 5.75 Å². The number of rotatable bonds is 11. The molecule has 4 rings (SSSR count). The van der Waals surface area contributed by atoms with Gasteiger partial charge in [-0.15, -0.1) is 23.1 Å². The number of nitrogen functional groups attached to an aromatic ring is 1. The molecule has 2 aliphatic rings. The summed E-state index contributed by atoms with van der Waals surface area (Å²) in [6, 6.07) is 6.24. The molecule has 18 nitrogen and oxygen atoms in total. The Morgan fingerprint density at radius 2 is 1.87 bits per heavy atom. The number of thioether (sulfide) groups is 1. The predicted octanol–water partition coefficient (Wildman–Crippen LogP) is 1.65. The molecule has 23 heteroatoms. The number of amides is 2. The number of anilines is 1. The summed E-state index contributed by atoms with van der Waals surface area (Å²) in [5.74, 6) is -6.26. The number of aromatic nitrogens is 1. The summed E-state index contributed by atoms with van der Waals surface area (Å²) in [4.78, 5) is 83.1. The number of carboxylic acid groups (broad SMARTS) is 1. The van der Waals surface area contributed by atoms with E-state index in [2.05, 4.69) is 15.5 Å². The molecule has 0 bridgehead atoms. The van der Waals surface area contributed by atoms with Crippen LogP contribution >= 0.6 is 23.1 Å². The van der Waals surface area contributed by atoms with E-state index in [0.717, 1.165) is 16.2 Å². The highest BCUT2D eigenvalue weighted by atomic mass is 32.2. The largest absolute Gasteiger partial charge is 0.490 e. The van der Waals surface area contributed by atoms with Crippen LogP contribution in [-0.4, -0.2) is 99.2 Å². The van der Waals surface area contributed by atoms with Crippen LogP contribution in [-0.2, 0) is 43.1 Å². The van der Waals surface area contributed by atoms with E-state index in [-0.39, 0.29) is 28.9 Å². The zero-order valence-electron chi connectivity index (χ0n) is 28.7. The van der Waals surface area contributed by atoms with Crippen LogP contribution in [0.3, 0.4) is 0 Å². The first-order valence-electron chi connectivity index (χ1n) is 15.2. The molecule has 290 valence electrons. The summed E-state index contributed by atoms with van der Waals surface area (Å²) >= 11 is 2.25. The molecule has 1 fully saturated rings. The average molecular weight is 800 g/mol. The number of nitrogens with one attached hydrogen (secondary N) is 1. The second-order valence-electron chi connectivity index (χ2n) is 12.0. The second-order valence-corrected chi connectivity index (χ2v) is 14.0. The first kappa shape index (κ1) is 42.7. The Labute approximate surface area is 312 Å². The number of hydrogen-bond acceptors (Lipinski definition) is 17. The van der Waals surface area contributed by atoms with Crippen molar-refractivity contribution in [3.8, 4) is 11.8 Å². The van der Waals surface area contributed by atoms with Gasteiger partial charge >= 0.3 is 30.1 Å². The van der Waals surface area contributed by atoms with Crippen molar-refractivity contribution >= 4 is 69.6 Å². The molecule has 3 atom stereocenters. The number of hydrogen-bond donors (Lipinski definition) is 4. The van der Waals surface area contributed by atoms with Gasteiger partial charge in [-0.2, -0.15) is 18.4 Å². The lowest BCUT2D eigenvalue weighted by Gasteiger charge is -2.49. The number of nitrogens with two attached hydrogens (primary N) is 2. The standard InChI is InChI=1S/C29H31N7O9S2.C2HF3O2/c1-14(31)25(39)45-35-19(18-12-47-28(32)33-18)22(37)34-20-23(38)36-21(26(40)43-13-44-27(41)29(2,3)4)16(11-46-24(20)36)10-42-17-7-5-6-15(8-17)9-30;3-2(4,5)1(6)7/h5-8,12,14,20,24H,10-11,13,31H2,1-4H3,(H2,32,33)(H,34,37);(H,6,7)/t14?,20?,24-;/m0./s1. The number of halogens is 3. The normalized spacial score (nSPS) is 17.4. The van der Waals surface area contributed by atoms with Gasteiger partial charge in [0.05, 0.1) is 17.0 Å². The quantitative estimate of drug-likeness (QED) is 0.0628. The third-order valence-corrected chi connectivity index (χ3v) is 8.73. The van der Waals surface area contributed by atoms with Gasteiger partial charge in [-0.25, -0.2) is 19.4 Å². The van der Waals surface area contributed by atoms with Gasteiger partial charge in [0.25, 0.3) is 11.8 Å². The van der Waals surface area contributed by atoms with Crippen molar-refractivity contribution < 1.29 is 66.1 Å². The van der Waals surface area contributed by atoms with Crippen LogP contribution in [0.25, 0.3) is 0 Å². The maximum absolute atomic E-state index is 13.5. The number of aliphatic carboxylic acids is 1. The summed E-state index contributed by atoms with van der Waals surface area (Å²) in [7, 11) is 0. The molecular formula is C31H32F3N7O11S2. The zero-order valence-corrected chi connectivity index (χ0v) is 30.3. The number of carbonyl (C=O) groups excluding carboxylic acids is 5. The molecule has 54 heavy (non-hydrogen) atoms. The second kappa shape index (κ2) is 17.9. The summed E-state index contributed by atoms with van der Waals surface area (Å²) in [5, 5.41) is 23.3. The number of carboxylic acids is 1. The molecule has 1 saturated heterocycles. The van der Waals surface area contributed by atoms with Crippen molar-refractivity contribution in [1.29, 1.82) is 5.26 Å². The van der Waals surface area contributed by atoms with E-state index in [1.54, 1.807) is 39.0 Å². The number of fused-ring (bicyclic) bond motifs is 1. The Morgan fingerprint density at radius 3 is 2.43 bits per heavy atom. The van der Waals surface area contributed by atoms with Gasteiger partial charge < -0.3 is 40.9 Å². The lowest BCUT2D eigenvalue weighted by molar-refractivity contribution is -0.192. The fourth-order valence-corrected chi connectivity index (χ4v) is 5.89. The molecule has 6 N–H and O–H groups in total. The smallest absolute Gasteiger partial charge is 0.489 e. The summed E-state index contributed by atoms with van der Waals surface area (Å²) in [6.45, 7) is 5.42. The van der Waals surface area contributed by atoms with E-state index in [1.807, 2.05) is 6.07 Å². The van der Waals surface area contributed by atoms with E-state index in [0.29, 0.717) is 16.9 Å². The van der Waals surface area contributed by atoms with Gasteiger partial charge in [0.15, 0.2) is 10.8 Å². The third kappa shape index (κ3) is 11.1. The maximum Gasteiger partial charge on any atom is 0.490 e. The molecule has 2 aliphatic heterocycles. The number of carbonyl (C=O) groups is 6. The summed E-state index contributed by atoms with van der Waals surface area (Å²) < 4.78 is 47.9. The van der Waals surface area contributed by atoms with E-state index in [9.17, 15) is 42.4 Å². The number of nitrogens with zero attached hydrogens (tertiary/aromatic N) is 4. The van der Waals surface area contributed by atoms with E-state index >= 15 is 0 Å². The average Bonchev–Trinajstić information content (AvgIpc) is 3.53. The molecule has 0 radical (unpaired) electrons. The molecule has 3 heterocycles. The van der Waals surface area contributed by atoms with Crippen molar-refractivity contribution in [2.24, 2.45) is 16.3 Å². The summed E-state index contributed by atoms with van der Waals surface area (Å²) in [6.07, 6.45) is -5.08. The number of alkyl halides is 3. The van der Waals surface area contributed by atoms with Gasteiger partial charge in [0.1, 0.15) is 41.2 Å². The topological polar surface area (TPSA) is 276 Å². The molecule has 0 aliphatic carbocycles. The number of oxime groups is 1. The fraction of sp³-hybridized carbons (Fsp3) is 0.387. The van der Waals surface area contributed by atoms with Gasteiger partial charge in [0.2, 0.25) is 6.79 Å². The first-order valence-corrected chi connectivity index (χ1v) is 17.1. The lowest BCUT2D eigenvalue weighted by atomic mass is 9.98. The number of thiazole rings is 1. The number of ether oxygens (including phenoxy) is 3. The molecule has 2 unspecified atom stereocenters. The van der Waals surface area contributed by atoms with Crippen LogP contribution in [0.15, 0.2) is 46.1 Å². The first-order chi connectivity index (χ1) is 25.1. The van der Waals surface area contributed by atoms with Crippen molar-refractivity contribution in [3.05, 3.63) is 52.2 Å². The molecule has 1 aromatic carbocycles. The van der Waals surface area contributed by atoms with Gasteiger partial charge in [-0.05, 0) is 45.9 Å². The Bertz CT molecular complexity index is 1900. The maximum atomic E-state index is 13.5. The molecule has 0 saturated carbocycles. The minimum atomic E-state index is -5.08. The van der Waals surface area contributed by atoms with Gasteiger partial charge in [0, 0.05) is 16.7 Å². The Morgan fingerprint density at radius 1 is 1.20 bits per heavy atom. The number of β-lactam (4-membered cyclic amide) rings is 1. The number of esters is 2. The zero-order chi connectivity index (χ0) is 40.5. The van der Waals surface area contributed by atoms with Crippen LogP contribution < -0.4 is 21.5 Å². The minimum absolute atomic E-state index is 0.00345. The molecule has 2 amide bonds. The van der Waals surface area contributed by atoms with Crippen LogP contribution in [0, 0.1) is 16.7 Å². The Kier molecular flexibility index (Phi) is 14.1. The predicted molar refractivity (Wildman–Crippen MR) is 182 cm³/mol.